The fourth-order valence-corrected chi connectivity index (χ4v) is 6.13. The predicted octanol–water partition coefficient (Wildman–Crippen LogP) is 3.79. The summed E-state index contributed by atoms with van der Waals surface area (Å²) in [6.07, 6.45) is 0. The fraction of sp³-hybridized carbons (Fsp3) is 0.240. The maximum Gasteiger partial charge on any atom is 0.262 e. The Kier molecular flexibility index (Phi) is 8.79. The number of rotatable bonds is 11. The highest BCUT2D eigenvalue weighted by atomic mass is 32.2. The summed E-state index contributed by atoms with van der Waals surface area (Å²) in [4.78, 5) is 12.9. The molecule has 0 radical (unpaired) electrons. The number of hydrogen-bond donors (Lipinski definition) is 2. The van der Waals surface area contributed by atoms with Gasteiger partial charge < -0.3 is 14.8 Å². The number of amides is 1. The normalized spacial score (nSPS) is 11.7. The molecule has 0 heterocycles. The topological polar surface area (TPSA) is 131 Å². The molecule has 3 aromatic carbocycles. The minimum absolute atomic E-state index is 0.0103. The Morgan fingerprint density at radius 3 is 1.95 bits per heavy atom. The second-order valence-corrected chi connectivity index (χ2v) is 11.4. The van der Waals surface area contributed by atoms with Crippen molar-refractivity contribution in [3.8, 4) is 11.5 Å². The highest BCUT2D eigenvalue weighted by Crippen LogP contribution is 2.30. The molecule has 0 bridgehead atoms. The molecule has 3 aromatic rings. The Morgan fingerprint density at radius 1 is 0.784 bits per heavy atom. The van der Waals surface area contributed by atoms with Crippen LogP contribution in [0.15, 0.2) is 76.5 Å². The first-order valence-corrected chi connectivity index (χ1v) is 14.2. The Balaban J connectivity index is 1.84. The summed E-state index contributed by atoms with van der Waals surface area (Å²) < 4.78 is 65.7. The van der Waals surface area contributed by atoms with E-state index in [1.165, 1.54) is 61.0 Å². The highest BCUT2D eigenvalue weighted by Gasteiger charge is 2.24. The van der Waals surface area contributed by atoms with E-state index in [9.17, 15) is 21.6 Å². The van der Waals surface area contributed by atoms with Crippen molar-refractivity contribution in [1.82, 2.24) is 4.31 Å². The molecule has 0 saturated heterocycles. The molecular weight excluding hydrogens is 518 g/mol. The number of carbonyl (C=O) groups is 1. The number of sulfonamides is 2. The number of hydrogen-bond acceptors (Lipinski definition) is 7. The van der Waals surface area contributed by atoms with Crippen molar-refractivity contribution in [2.45, 2.75) is 23.6 Å². The van der Waals surface area contributed by atoms with Gasteiger partial charge in [-0.3, -0.25) is 9.52 Å². The van der Waals surface area contributed by atoms with Gasteiger partial charge in [0.15, 0.2) is 0 Å². The van der Waals surface area contributed by atoms with Crippen molar-refractivity contribution >= 4 is 37.3 Å². The van der Waals surface area contributed by atoms with E-state index in [0.717, 1.165) is 0 Å². The van der Waals surface area contributed by atoms with Crippen LogP contribution in [-0.4, -0.2) is 54.4 Å². The summed E-state index contributed by atoms with van der Waals surface area (Å²) in [5.74, 6) is 0.0608. The third-order valence-electron chi connectivity index (χ3n) is 5.54. The van der Waals surface area contributed by atoms with Gasteiger partial charge in [-0.05, 0) is 54.6 Å². The molecule has 3 rings (SSSR count). The summed E-state index contributed by atoms with van der Waals surface area (Å²) in [6, 6.07) is 16.1. The Hall–Kier alpha value is -3.61. The maximum atomic E-state index is 12.9. The van der Waals surface area contributed by atoms with E-state index in [1.807, 2.05) is 0 Å². The van der Waals surface area contributed by atoms with Gasteiger partial charge in [0.05, 0.1) is 35.4 Å². The number of nitrogens with one attached hydrogen (secondary N) is 2. The van der Waals surface area contributed by atoms with Crippen molar-refractivity contribution in [3.63, 3.8) is 0 Å². The van der Waals surface area contributed by atoms with Crippen LogP contribution < -0.4 is 19.5 Å². The number of anilines is 2. The average molecular weight is 548 g/mol. The van der Waals surface area contributed by atoms with Crippen LogP contribution in [0.2, 0.25) is 0 Å². The Bertz CT molecular complexity index is 1470. The quantitative estimate of drug-likeness (QED) is 0.373. The average Bonchev–Trinajstić information content (AvgIpc) is 2.89. The molecule has 0 aliphatic carbocycles. The molecule has 198 valence electrons. The molecule has 1 amide bonds. The lowest BCUT2D eigenvalue weighted by Gasteiger charge is -2.19. The molecule has 0 fully saturated rings. The number of ether oxygens (including phenoxy) is 2. The van der Waals surface area contributed by atoms with Crippen LogP contribution in [0.3, 0.4) is 0 Å². The molecule has 0 aromatic heterocycles. The zero-order valence-electron chi connectivity index (χ0n) is 20.9. The molecule has 37 heavy (non-hydrogen) atoms. The predicted molar refractivity (Wildman–Crippen MR) is 141 cm³/mol. The lowest BCUT2D eigenvalue weighted by atomic mass is 10.2. The van der Waals surface area contributed by atoms with Gasteiger partial charge in [-0.1, -0.05) is 26.0 Å². The third kappa shape index (κ3) is 6.21. The lowest BCUT2D eigenvalue weighted by Crippen LogP contribution is -2.30. The maximum absolute atomic E-state index is 12.9. The van der Waals surface area contributed by atoms with Gasteiger partial charge >= 0.3 is 0 Å². The zero-order chi connectivity index (χ0) is 27.2. The summed E-state index contributed by atoms with van der Waals surface area (Å²) in [6.45, 7) is 4.08. The number of para-hydroxylation sites is 2. The van der Waals surface area contributed by atoms with Gasteiger partial charge in [0.25, 0.3) is 15.9 Å². The monoisotopic (exact) mass is 547 g/mol. The molecule has 0 aliphatic rings. The second-order valence-electron chi connectivity index (χ2n) is 7.74. The standard InChI is InChI=1S/C25H29N3O7S2/c1-5-28(6-2)37(32,33)20-15-16-24(35-4)22(17-20)26-25(29)18-11-13-19(14-12-18)36(30,31)27-21-9-7-8-10-23(21)34-3/h7-17,27H,5-6H2,1-4H3,(H,26,29). The van der Waals surface area contributed by atoms with Gasteiger partial charge in [0.2, 0.25) is 10.0 Å². The van der Waals surface area contributed by atoms with Crippen LogP contribution in [0.25, 0.3) is 0 Å². The van der Waals surface area contributed by atoms with Crippen molar-refractivity contribution in [1.29, 1.82) is 0 Å². The number of carbonyl (C=O) groups excluding carboxylic acids is 1. The van der Waals surface area contributed by atoms with Crippen LogP contribution in [0.4, 0.5) is 11.4 Å². The van der Waals surface area contributed by atoms with Gasteiger partial charge in [0, 0.05) is 18.7 Å². The zero-order valence-corrected chi connectivity index (χ0v) is 22.5. The van der Waals surface area contributed by atoms with E-state index >= 15 is 0 Å². The molecule has 0 atom stereocenters. The van der Waals surface area contributed by atoms with Crippen LogP contribution in [0.1, 0.15) is 24.2 Å². The van der Waals surface area contributed by atoms with Crippen molar-refractivity contribution in [2.75, 3.05) is 37.3 Å². The Labute approximate surface area is 217 Å². The molecule has 0 spiro atoms. The van der Waals surface area contributed by atoms with Crippen LogP contribution >= 0.6 is 0 Å². The molecule has 0 aliphatic heterocycles. The van der Waals surface area contributed by atoms with Crippen molar-refractivity contribution < 1.29 is 31.1 Å². The van der Waals surface area contributed by atoms with E-state index in [1.54, 1.807) is 38.1 Å². The van der Waals surface area contributed by atoms with Crippen molar-refractivity contribution in [2.24, 2.45) is 0 Å². The van der Waals surface area contributed by atoms with E-state index in [2.05, 4.69) is 10.0 Å². The smallest absolute Gasteiger partial charge is 0.262 e. The minimum Gasteiger partial charge on any atom is -0.495 e. The van der Waals surface area contributed by atoms with Gasteiger partial charge in [-0.25, -0.2) is 16.8 Å². The second kappa shape index (κ2) is 11.6. The molecule has 12 heteroatoms. The minimum atomic E-state index is -3.95. The van der Waals surface area contributed by atoms with Crippen LogP contribution in [0, 0.1) is 0 Å². The van der Waals surface area contributed by atoms with E-state index in [-0.39, 0.29) is 32.5 Å². The third-order valence-corrected chi connectivity index (χ3v) is 8.97. The SMILES string of the molecule is CCN(CC)S(=O)(=O)c1ccc(OC)c(NC(=O)c2ccc(S(=O)(=O)Nc3ccccc3OC)cc2)c1. The van der Waals surface area contributed by atoms with Crippen molar-refractivity contribution in [3.05, 3.63) is 72.3 Å². The molecule has 0 unspecified atom stereocenters. The summed E-state index contributed by atoms with van der Waals surface area (Å²) in [5.41, 5.74) is 0.601. The number of nitrogens with zero attached hydrogens (tertiary/aromatic N) is 1. The molecular formula is C25H29N3O7S2. The van der Waals surface area contributed by atoms with E-state index < -0.39 is 26.0 Å². The summed E-state index contributed by atoms with van der Waals surface area (Å²) in [7, 11) is -4.87. The fourth-order valence-electron chi connectivity index (χ4n) is 3.57. The lowest BCUT2D eigenvalue weighted by molar-refractivity contribution is 0.102. The first kappa shape index (κ1) is 28.0. The van der Waals surface area contributed by atoms with E-state index in [0.29, 0.717) is 18.8 Å². The number of benzene rings is 3. The Morgan fingerprint density at radius 2 is 1.35 bits per heavy atom. The molecule has 10 nitrogen and oxygen atoms in total. The summed E-state index contributed by atoms with van der Waals surface area (Å²) >= 11 is 0. The largest absolute Gasteiger partial charge is 0.495 e. The van der Waals surface area contributed by atoms with Gasteiger partial charge in [0.1, 0.15) is 11.5 Å². The highest BCUT2D eigenvalue weighted by molar-refractivity contribution is 7.92. The molecule has 0 saturated carbocycles. The van der Waals surface area contributed by atoms with E-state index in [4.69, 9.17) is 9.47 Å². The first-order chi connectivity index (χ1) is 17.6. The van der Waals surface area contributed by atoms with Crippen LogP contribution in [0.5, 0.6) is 11.5 Å². The van der Waals surface area contributed by atoms with Crippen LogP contribution in [-0.2, 0) is 20.0 Å². The van der Waals surface area contributed by atoms with Gasteiger partial charge in [-0.2, -0.15) is 4.31 Å². The number of methoxy groups -OCH3 is 2. The van der Waals surface area contributed by atoms with Gasteiger partial charge in [-0.15, -0.1) is 0 Å². The molecule has 2 N–H and O–H groups in total. The first-order valence-electron chi connectivity index (χ1n) is 11.3. The summed E-state index contributed by atoms with van der Waals surface area (Å²) in [5, 5.41) is 2.65.